The Morgan fingerprint density at radius 2 is 1.35 bits per heavy atom. The van der Waals surface area contributed by atoms with Gasteiger partial charge in [0.1, 0.15) is 18.1 Å². The van der Waals surface area contributed by atoms with Crippen LogP contribution in [0.4, 0.5) is 0 Å². The summed E-state index contributed by atoms with van der Waals surface area (Å²) in [7, 11) is 0. The number of carboxylic acid groups (broad SMARTS) is 2. The normalized spacial score (nSPS) is 14.8. The van der Waals surface area contributed by atoms with Crippen molar-refractivity contribution >= 4 is 54.9 Å². The van der Waals surface area contributed by atoms with Crippen LogP contribution in [0.2, 0.25) is 0 Å². The fraction of sp³-hybridized carbons (Fsp3) is 0.722. The monoisotopic (exact) mass is 480 g/mol. The van der Waals surface area contributed by atoms with Crippen molar-refractivity contribution in [1.82, 2.24) is 16.0 Å². The average Bonchev–Trinajstić information content (AvgIpc) is 2.68. The highest BCUT2D eigenvalue weighted by Gasteiger charge is 2.30. The van der Waals surface area contributed by atoms with Gasteiger partial charge in [0.2, 0.25) is 17.7 Å². The van der Waals surface area contributed by atoms with Gasteiger partial charge in [0.25, 0.3) is 0 Å². The third-order valence-corrected chi connectivity index (χ3v) is 4.84. The van der Waals surface area contributed by atoms with E-state index < -0.39 is 60.2 Å². The molecule has 0 aromatic rings. The van der Waals surface area contributed by atoms with E-state index in [1.54, 1.807) is 0 Å². The van der Waals surface area contributed by atoms with Gasteiger partial charge in [-0.2, -0.15) is 25.3 Å². The molecule has 0 bridgehead atoms. The molecule has 0 saturated carbocycles. The molecular weight excluding hydrogens is 448 g/mol. The molecule has 4 atom stereocenters. The first kappa shape index (κ1) is 29.0. The molecule has 0 radical (unpaired) electrons. The summed E-state index contributed by atoms with van der Waals surface area (Å²) in [6, 6.07) is -4.51. The maximum Gasteiger partial charge on any atom is 0.326 e. The molecular formula is C18H32N4O7S2. The Bertz CT molecular complexity index is 648. The van der Waals surface area contributed by atoms with Crippen molar-refractivity contribution < 1.29 is 34.2 Å². The standard InChI is InChI=1S/C18H32N4O7S2/c1-9(2)7-13(17(27)21-12(5-6-30)18(28)29)22-16(26)11(3-4-14(23)24)20-15(25)10(19)8-31/h9-13,30-31H,3-8,19H2,1-2H3,(H,20,25)(H,21,27)(H,22,26)(H,23,24)(H,28,29)/t10-,11+,12-,13+/m1/s1. The summed E-state index contributed by atoms with van der Waals surface area (Å²) in [5.74, 6) is -4.36. The Hall–Kier alpha value is -1.99. The van der Waals surface area contributed by atoms with Gasteiger partial charge in [-0.05, 0) is 30.9 Å². The van der Waals surface area contributed by atoms with Crippen molar-refractivity contribution in [3.63, 3.8) is 0 Å². The average molecular weight is 481 g/mol. The predicted molar refractivity (Wildman–Crippen MR) is 120 cm³/mol. The van der Waals surface area contributed by atoms with Crippen molar-refractivity contribution in [2.45, 2.75) is 63.7 Å². The van der Waals surface area contributed by atoms with E-state index in [0.717, 1.165) is 0 Å². The zero-order chi connectivity index (χ0) is 24.1. The number of nitrogens with two attached hydrogens (primary N) is 1. The lowest BCUT2D eigenvalue weighted by Crippen LogP contribution is -2.57. The number of aliphatic carboxylic acids is 2. The van der Waals surface area contributed by atoms with Crippen LogP contribution in [-0.4, -0.2) is 75.5 Å². The zero-order valence-electron chi connectivity index (χ0n) is 17.5. The van der Waals surface area contributed by atoms with Crippen LogP contribution in [0.3, 0.4) is 0 Å². The van der Waals surface area contributed by atoms with Gasteiger partial charge < -0.3 is 31.9 Å². The number of nitrogens with one attached hydrogen (secondary N) is 3. The number of carbonyl (C=O) groups excluding carboxylic acids is 3. The molecule has 0 aromatic carbocycles. The minimum atomic E-state index is -1.25. The van der Waals surface area contributed by atoms with Crippen LogP contribution >= 0.6 is 25.3 Å². The summed E-state index contributed by atoms with van der Waals surface area (Å²) in [5, 5.41) is 25.4. The van der Waals surface area contributed by atoms with Gasteiger partial charge >= 0.3 is 11.9 Å². The van der Waals surface area contributed by atoms with E-state index in [1.165, 1.54) is 0 Å². The van der Waals surface area contributed by atoms with Gasteiger partial charge in [-0.25, -0.2) is 4.79 Å². The molecule has 0 fully saturated rings. The molecule has 11 nitrogen and oxygen atoms in total. The van der Waals surface area contributed by atoms with Crippen LogP contribution in [-0.2, 0) is 24.0 Å². The molecule has 0 aliphatic rings. The smallest absolute Gasteiger partial charge is 0.326 e. The van der Waals surface area contributed by atoms with Crippen LogP contribution in [0.5, 0.6) is 0 Å². The second-order valence-electron chi connectivity index (χ2n) is 7.39. The maximum atomic E-state index is 12.8. The Balaban J connectivity index is 5.46. The molecule has 3 amide bonds. The Morgan fingerprint density at radius 1 is 0.839 bits per heavy atom. The van der Waals surface area contributed by atoms with Gasteiger partial charge in [0, 0.05) is 12.2 Å². The summed E-state index contributed by atoms with van der Waals surface area (Å²) in [4.78, 5) is 59.7. The highest BCUT2D eigenvalue weighted by atomic mass is 32.1. The second-order valence-corrected chi connectivity index (χ2v) is 8.20. The van der Waals surface area contributed by atoms with Gasteiger partial charge in [0.15, 0.2) is 0 Å². The van der Waals surface area contributed by atoms with Gasteiger partial charge in [0.05, 0.1) is 6.04 Å². The van der Waals surface area contributed by atoms with Crippen molar-refractivity contribution in [3.05, 3.63) is 0 Å². The molecule has 0 spiro atoms. The third kappa shape index (κ3) is 11.8. The van der Waals surface area contributed by atoms with Gasteiger partial charge in [-0.3, -0.25) is 19.2 Å². The van der Waals surface area contributed by atoms with E-state index in [1.807, 2.05) is 13.8 Å². The van der Waals surface area contributed by atoms with E-state index in [4.69, 9.17) is 10.8 Å². The lowest BCUT2D eigenvalue weighted by Gasteiger charge is -2.25. The van der Waals surface area contributed by atoms with Crippen LogP contribution in [0, 0.1) is 5.92 Å². The quantitative estimate of drug-likeness (QED) is 0.137. The van der Waals surface area contributed by atoms with Crippen LogP contribution in [0.1, 0.15) is 39.5 Å². The number of thiol groups is 2. The summed E-state index contributed by atoms with van der Waals surface area (Å²) < 4.78 is 0. The molecule has 31 heavy (non-hydrogen) atoms. The molecule has 13 heteroatoms. The Labute approximate surface area is 192 Å². The topological polar surface area (TPSA) is 188 Å². The van der Waals surface area contributed by atoms with Crippen LogP contribution in [0.15, 0.2) is 0 Å². The first-order valence-corrected chi connectivity index (χ1v) is 11.0. The lowest BCUT2D eigenvalue weighted by atomic mass is 10.0. The SMILES string of the molecule is CC(C)C[C@H](NC(=O)[C@H](CCC(=O)O)NC(=O)[C@H](N)CS)C(=O)N[C@H](CCS)C(=O)O. The van der Waals surface area contributed by atoms with E-state index in [9.17, 15) is 29.1 Å². The predicted octanol–water partition coefficient (Wildman–Crippen LogP) is -0.987. The molecule has 0 rings (SSSR count). The molecule has 0 saturated heterocycles. The van der Waals surface area contributed by atoms with E-state index in [2.05, 4.69) is 41.2 Å². The Kier molecular flexibility index (Phi) is 14.0. The molecule has 0 aliphatic carbocycles. The van der Waals surface area contributed by atoms with E-state index in [-0.39, 0.29) is 36.7 Å². The molecule has 0 heterocycles. The van der Waals surface area contributed by atoms with E-state index >= 15 is 0 Å². The van der Waals surface area contributed by atoms with Gasteiger partial charge in [-0.15, -0.1) is 0 Å². The molecule has 0 unspecified atom stereocenters. The fourth-order valence-electron chi connectivity index (χ4n) is 2.53. The first-order chi connectivity index (χ1) is 14.4. The molecule has 0 aromatic heterocycles. The van der Waals surface area contributed by atoms with E-state index in [0.29, 0.717) is 0 Å². The van der Waals surface area contributed by atoms with Gasteiger partial charge in [-0.1, -0.05) is 13.8 Å². The molecule has 0 aliphatic heterocycles. The number of amides is 3. The van der Waals surface area contributed by atoms with Crippen LogP contribution < -0.4 is 21.7 Å². The number of hydrogen-bond acceptors (Lipinski definition) is 8. The number of carbonyl (C=O) groups is 5. The van der Waals surface area contributed by atoms with Crippen molar-refractivity contribution in [1.29, 1.82) is 0 Å². The minimum absolute atomic E-state index is 0.0131. The Morgan fingerprint density at radius 3 is 1.81 bits per heavy atom. The highest BCUT2D eigenvalue weighted by Crippen LogP contribution is 2.08. The maximum absolute atomic E-state index is 12.8. The minimum Gasteiger partial charge on any atom is -0.481 e. The highest BCUT2D eigenvalue weighted by molar-refractivity contribution is 7.80. The van der Waals surface area contributed by atoms with Crippen LogP contribution in [0.25, 0.3) is 0 Å². The largest absolute Gasteiger partial charge is 0.481 e. The summed E-state index contributed by atoms with van der Waals surface area (Å²) >= 11 is 7.89. The fourth-order valence-corrected chi connectivity index (χ4v) is 2.96. The number of carboxylic acids is 2. The third-order valence-electron chi connectivity index (χ3n) is 4.19. The van der Waals surface area contributed by atoms with Crippen molar-refractivity contribution in [3.8, 4) is 0 Å². The zero-order valence-corrected chi connectivity index (χ0v) is 19.3. The summed E-state index contributed by atoms with van der Waals surface area (Å²) in [5.41, 5.74) is 5.59. The van der Waals surface area contributed by atoms with Crippen molar-refractivity contribution in [2.24, 2.45) is 11.7 Å². The number of hydrogen-bond donors (Lipinski definition) is 8. The van der Waals surface area contributed by atoms with Crippen molar-refractivity contribution in [2.75, 3.05) is 11.5 Å². The molecule has 178 valence electrons. The number of rotatable bonds is 15. The summed E-state index contributed by atoms with van der Waals surface area (Å²) in [6.07, 6.45) is -0.343. The summed E-state index contributed by atoms with van der Waals surface area (Å²) in [6.45, 7) is 3.62. The molecule has 7 N–H and O–H groups in total. The second kappa shape index (κ2) is 14.9. The lowest BCUT2D eigenvalue weighted by molar-refractivity contribution is -0.142. The first-order valence-electron chi connectivity index (χ1n) is 9.75.